The van der Waals surface area contributed by atoms with Crippen LogP contribution in [0.4, 0.5) is 13.2 Å². The minimum atomic E-state index is -5.19. The number of alkyl halides is 3. The van der Waals surface area contributed by atoms with Gasteiger partial charge >= 0.3 is 6.18 Å². The first-order chi connectivity index (χ1) is 18.4. The lowest BCUT2D eigenvalue weighted by molar-refractivity contribution is -0.379. The molecular weight excluding hydrogens is 552 g/mol. The molecule has 0 aliphatic heterocycles. The number of halogens is 5. The Hall–Kier alpha value is -3.10. The van der Waals surface area contributed by atoms with Gasteiger partial charge in [-0.15, -0.1) is 0 Å². The molecule has 1 amide bonds. The number of hydrogen-bond acceptors (Lipinski definition) is 3. The van der Waals surface area contributed by atoms with Gasteiger partial charge in [-0.25, -0.2) is 4.98 Å². The molecule has 2 atom stereocenters. The molecule has 4 rings (SSSR count). The van der Waals surface area contributed by atoms with Crippen LogP contribution in [0.2, 0.25) is 10.0 Å². The maximum absolute atomic E-state index is 13.7. The molecule has 0 bridgehead atoms. The van der Waals surface area contributed by atoms with E-state index in [4.69, 9.17) is 33.1 Å². The van der Waals surface area contributed by atoms with Crippen LogP contribution in [0.15, 0.2) is 73.1 Å². The van der Waals surface area contributed by atoms with Crippen LogP contribution in [0.25, 0.3) is 0 Å². The summed E-state index contributed by atoms with van der Waals surface area (Å²) in [5.41, 5.74) is 2.95. The second-order valence-electron chi connectivity index (χ2n) is 9.62. The topological polar surface area (TPSA) is 83.4 Å². The van der Waals surface area contributed by atoms with E-state index >= 15 is 0 Å². The number of benzene rings is 2. The van der Waals surface area contributed by atoms with Gasteiger partial charge in [0.2, 0.25) is 5.91 Å². The monoisotopic (exact) mass is 580 g/mol. The zero-order valence-corrected chi connectivity index (χ0v) is 22.7. The number of H-pyrrole nitrogens is 1. The molecule has 3 aromatic rings. The fourth-order valence-corrected chi connectivity index (χ4v) is 5.18. The van der Waals surface area contributed by atoms with E-state index in [-0.39, 0.29) is 17.9 Å². The molecule has 1 aliphatic carbocycles. The first-order valence-corrected chi connectivity index (χ1v) is 13.2. The van der Waals surface area contributed by atoms with Crippen molar-refractivity contribution in [2.45, 2.75) is 62.6 Å². The largest absolute Gasteiger partial charge is 0.542 e. The number of aromatic amines is 1. The molecule has 0 unspecified atom stereocenters. The van der Waals surface area contributed by atoms with E-state index in [2.05, 4.69) is 47.6 Å². The van der Waals surface area contributed by atoms with E-state index in [9.17, 15) is 18.0 Å². The van der Waals surface area contributed by atoms with Crippen molar-refractivity contribution in [2.75, 3.05) is 0 Å². The number of aromatic nitrogens is 1. The fourth-order valence-electron chi connectivity index (χ4n) is 4.93. The predicted octanol–water partition coefficient (Wildman–Crippen LogP) is 5.45. The van der Waals surface area contributed by atoms with Gasteiger partial charge in [0.15, 0.2) is 12.4 Å². The maximum atomic E-state index is 13.7. The van der Waals surface area contributed by atoms with Crippen LogP contribution in [0, 0.1) is 0 Å². The van der Waals surface area contributed by atoms with Crippen LogP contribution in [0.5, 0.6) is 0 Å². The smallest absolute Gasteiger partial charge is 0.430 e. The molecule has 0 spiro atoms. The number of carboxylic acids is 1. The van der Waals surface area contributed by atoms with E-state index in [1.807, 2.05) is 42.7 Å². The summed E-state index contributed by atoms with van der Waals surface area (Å²) in [4.78, 5) is 25.6. The van der Waals surface area contributed by atoms with Crippen molar-refractivity contribution in [3.8, 4) is 0 Å². The van der Waals surface area contributed by atoms with Crippen LogP contribution in [-0.4, -0.2) is 24.1 Å². The van der Waals surface area contributed by atoms with Gasteiger partial charge in [0.05, 0.1) is 5.41 Å². The zero-order chi connectivity index (χ0) is 28.6. The van der Waals surface area contributed by atoms with Crippen molar-refractivity contribution >= 4 is 35.1 Å². The van der Waals surface area contributed by atoms with Gasteiger partial charge in [0, 0.05) is 33.6 Å². The van der Waals surface area contributed by atoms with Crippen molar-refractivity contribution in [2.24, 2.45) is 0 Å². The number of carboxylic acid groups (broad SMARTS) is 1. The second-order valence-corrected chi connectivity index (χ2v) is 10.5. The molecular formula is C29H29Cl2F3N2O3. The third kappa shape index (κ3) is 8.19. The number of hydrogen-bond donors (Lipinski definition) is 1. The van der Waals surface area contributed by atoms with Gasteiger partial charge in [-0.2, -0.15) is 13.2 Å². The van der Waals surface area contributed by atoms with E-state index in [1.165, 1.54) is 5.56 Å². The van der Waals surface area contributed by atoms with Gasteiger partial charge in [-0.3, -0.25) is 4.79 Å². The van der Waals surface area contributed by atoms with Gasteiger partial charge in [-0.05, 0) is 67.6 Å². The van der Waals surface area contributed by atoms with Gasteiger partial charge in [-0.1, -0.05) is 60.3 Å². The lowest BCUT2D eigenvalue weighted by Gasteiger charge is -2.32. The Morgan fingerprint density at radius 2 is 1.54 bits per heavy atom. The highest BCUT2D eigenvalue weighted by Gasteiger charge is 2.44. The summed E-state index contributed by atoms with van der Waals surface area (Å²) in [5, 5.41) is 13.6. The Kier molecular flexibility index (Phi) is 10.4. The standard InChI is InChI=1S/C27H28Cl2N2O.C2HF3O2/c1-19(31-26(32)27(14-2-3-15-27)22-5-4-16-30-18-22)25(21-8-12-24(29)13-9-21)17-20-6-10-23(28)11-7-20;3-2(4,5)1(6)7/h4-13,16,18-19,25H,2-3,14-15,17H2,1H3,(H,31,32);(H,6,7)/t19-,25+;/m1./s1. The predicted molar refractivity (Wildman–Crippen MR) is 141 cm³/mol. The van der Waals surface area contributed by atoms with E-state index in [0.29, 0.717) is 5.02 Å². The fraction of sp³-hybridized carbons (Fsp3) is 0.345. The number of amides is 1. The molecule has 1 aliphatic rings. The minimum absolute atomic E-state index is 0.0514. The Bertz CT molecular complexity index is 1230. The summed E-state index contributed by atoms with van der Waals surface area (Å²) in [7, 11) is 0. The maximum Gasteiger partial charge on any atom is 0.430 e. The molecule has 2 aromatic carbocycles. The molecule has 1 heterocycles. The SMILES string of the molecule is C[C@@H](NC(=O)C1(c2ccc[nH+]c2)CCCC1)[C@H](Cc1ccc(Cl)cc1)c1ccc(Cl)cc1.O=C([O-])C(F)(F)F. The minimum Gasteiger partial charge on any atom is -0.542 e. The van der Waals surface area contributed by atoms with Gasteiger partial charge < -0.3 is 15.2 Å². The molecule has 2 N–H and O–H groups in total. The summed E-state index contributed by atoms with van der Waals surface area (Å²) in [6, 6.07) is 19.9. The average Bonchev–Trinajstić information content (AvgIpc) is 3.41. The molecule has 1 fully saturated rings. The Labute approximate surface area is 235 Å². The Morgan fingerprint density at radius 3 is 2.03 bits per heavy atom. The Morgan fingerprint density at radius 1 is 1.00 bits per heavy atom. The molecule has 39 heavy (non-hydrogen) atoms. The van der Waals surface area contributed by atoms with E-state index < -0.39 is 17.6 Å². The molecule has 1 saturated carbocycles. The zero-order valence-electron chi connectivity index (χ0n) is 21.2. The molecule has 208 valence electrons. The number of carbonyl (C=O) groups excluding carboxylic acids is 2. The first-order valence-electron chi connectivity index (χ1n) is 12.5. The van der Waals surface area contributed by atoms with Crippen LogP contribution in [0.1, 0.15) is 55.2 Å². The number of nitrogens with one attached hydrogen (secondary N) is 2. The molecule has 0 radical (unpaired) electrons. The number of aliphatic carboxylic acids is 1. The van der Waals surface area contributed by atoms with Crippen LogP contribution < -0.4 is 15.4 Å². The molecule has 0 saturated heterocycles. The highest BCUT2D eigenvalue weighted by Crippen LogP contribution is 2.41. The highest BCUT2D eigenvalue weighted by molar-refractivity contribution is 6.30. The molecule has 5 nitrogen and oxygen atoms in total. The summed E-state index contributed by atoms with van der Waals surface area (Å²) in [6.07, 6.45) is 3.37. The summed E-state index contributed by atoms with van der Waals surface area (Å²) in [5.74, 6) is -2.78. The summed E-state index contributed by atoms with van der Waals surface area (Å²) >= 11 is 12.2. The van der Waals surface area contributed by atoms with Crippen molar-refractivity contribution in [3.05, 3.63) is 99.8 Å². The van der Waals surface area contributed by atoms with E-state index in [1.54, 1.807) is 0 Å². The molecule has 10 heteroatoms. The lowest BCUT2D eigenvalue weighted by Crippen LogP contribution is -2.48. The Balaban J connectivity index is 0.000000532. The van der Waals surface area contributed by atoms with Crippen molar-refractivity contribution in [1.82, 2.24) is 5.32 Å². The van der Waals surface area contributed by atoms with Crippen LogP contribution in [0.3, 0.4) is 0 Å². The highest BCUT2D eigenvalue weighted by atomic mass is 35.5. The van der Waals surface area contributed by atoms with Crippen LogP contribution in [-0.2, 0) is 21.4 Å². The lowest BCUT2D eigenvalue weighted by atomic mass is 9.78. The second kappa shape index (κ2) is 13.3. The third-order valence-corrected chi connectivity index (χ3v) is 7.52. The normalized spacial score (nSPS) is 15.9. The van der Waals surface area contributed by atoms with Gasteiger partial charge in [0.1, 0.15) is 5.97 Å². The van der Waals surface area contributed by atoms with Crippen molar-refractivity contribution < 1.29 is 32.9 Å². The summed E-state index contributed by atoms with van der Waals surface area (Å²) in [6.45, 7) is 2.10. The number of pyridine rings is 1. The number of carbonyl (C=O) groups is 2. The van der Waals surface area contributed by atoms with E-state index in [0.717, 1.165) is 48.3 Å². The van der Waals surface area contributed by atoms with Gasteiger partial charge in [0.25, 0.3) is 0 Å². The number of rotatable bonds is 7. The summed E-state index contributed by atoms with van der Waals surface area (Å²) < 4.78 is 31.5. The quantitative estimate of drug-likeness (QED) is 0.403. The van der Waals surface area contributed by atoms with Crippen molar-refractivity contribution in [1.29, 1.82) is 0 Å². The molecule has 1 aromatic heterocycles. The average molecular weight is 581 g/mol. The van der Waals surface area contributed by atoms with Crippen LogP contribution >= 0.6 is 23.2 Å². The third-order valence-electron chi connectivity index (χ3n) is 7.01. The van der Waals surface area contributed by atoms with Crippen molar-refractivity contribution in [3.63, 3.8) is 0 Å². The first kappa shape index (κ1) is 30.4.